The van der Waals surface area contributed by atoms with Crippen LogP contribution in [-0.2, 0) is 0 Å². The van der Waals surface area contributed by atoms with E-state index in [0.717, 1.165) is 0 Å². The predicted octanol–water partition coefficient (Wildman–Crippen LogP) is 2.62. The summed E-state index contributed by atoms with van der Waals surface area (Å²) in [5, 5.41) is 0. The maximum absolute atomic E-state index is 13.0. The second-order valence-electron chi connectivity index (χ2n) is 3.50. The van der Waals surface area contributed by atoms with E-state index in [2.05, 4.69) is 0 Å². The molecule has 1 saturated carbocycles. The lowest BCUT2D eigenvalue weighted by Crippen LogP contribution is -2.49. The maximum atomic E-state index is 13.0. The fourth-order valence-electron chi connectivity index (χ4n) is 1.59. The molecular formula is C8H12F4. The second kappa shape index (κ2) is 3.23. The van der Waals surface area contributed by atoms with E-state index >= 15 is 0 Å². The minimum Gasteiger partial charge on any atom is -0.247 e. The van der Waals surface area contributed by atoms with Gasteiger partial charge < -0.3 is 0 Å². The molecule has 1 aliphatic carbocycles. The van der Waals surface area contributed by atoms with Crippen molar-refractivity contribution in [2.75, 3.05) is 0 Å². The van der Waals surface area contributed by atoms with Crippen LogP contribution in [0.5, 0.6) is 0 Å². The summed E-state index contributed by atoms with van der Waals surface area (Å²) in [5.74, 6) is -2.08. The number of hydrogen-bond donors (Lipinski definition) is 0. The lowest BCUT2D eigenvalue weighted by Gasteiger charge is -2.36. The van der Waals surface area contributed by atoms with Gasteiger partial charge in [-0.05, 0) is 0 Å². The van der Waals surface area contributed by atoms with Crippen molar-refractivity contribution in [3.63, 3.8) is 0 Å². The van der Waals surface area contributed by atoms with Crippen LogP contribution in [0.4, 0.5) is 17.6 Å². The van der Waals surface area contributed by atoms with Crippen LogP contribution in [-0.4, -0.2) is 24.7 Å². The van der Waals surface area contributed by atoms with Crippen LogP contribution in [0.2, 0.25) is 0 Å². The Hall–Kier alpha value is -0.280. The Labute approximate surface area is 69.0 Å². The molecule has 1 fully saturated rings. The van der Waals surface area contributed by atoms with Crippen molar-refractivity contribution in [1.82, 2.24) is 0 Å². The molecule has 0 spiro atoms. The molecule has 1 rings (SSSR count). The summed E-state index contributed by atoms with van der Waals surface area (Å²) >= 11 is 0. The first-order valence-corrected chi connectivity index (χ1v) is 4.03. The fraction of sp³-hybridized carbons (Fsp3) is 1.00. The molecule has 0 aromatic rings. The van der Waals surface area contributed by atoms with Gasteiger partial charge in [-0.1, -0.05) is 13.8 Å². The van der Waals surface area contributed by atoms with E-state index in [1.165, 1.54) is 13.8 Å². The Balaban J connectivity index is 2.76. The predicted molar refractivity (Wildman–Crippen MR) is 37.9 cm³/mol. The molecule has 0 saturated heterocycles. The highest BCUT2D eigenvalue weighted by Gasteiger charge is 2.48. The van der Waals surface area contributed by atoms with Gasteiger partial charge in [-0.3, -0.25) is 0 Å². The van der Waals surface area contributed by atoms with Crippen molar-refractivity contribution in [1.29, 1.82) is 0 Å². The zero-order valence-corrected chi connectivity index (χ0v) is 6.98. The third-order valence-electron chi connectivity index (χ3n) is 2.62. The van der Waals surface area contributed by atoms with Crippen molar-refractivity contribution in [3.05, 3.63) is 0 Å². The molecule has 0 N–H and O–H groups in total. The summed E-state index contributed by atoms with van der Waals surface area (Å²) in [4.78, 5) is 0. The second-order valence-corrected chi connectivity index (χ2v) is 3.50. The monoisotopic (exact) mass is 184 g/mol. The van der Waals surface area contributed by atoms with Gasteiger partial charge in [0.1, 0.15) is 18.5 Å². The molecule has 1 aliphatic rings. The molecule has 4 heteroatoms. The van der Waals surface area contributed by atoms with Crippen molar-refractivity contribution in [2.45, 2.75) is 38.5 Å². The first-order valence-electron chi connectivity index (χ1n) is 4.03. The van der Waals surface area contributed by atoms with Crippen molar-refractivity contribution >= 4 is 0 Å². The first-order chi connectivity index (χ1) is 5.46. The molecule has 0 aromatic carbocycles. The van der Waals surface area contributed by atoms with Crippen molar-refractivity contribution in [2.24, 2.45) is 11.8 Å². The van der Waals surface area contributed by atoms with Crippen LogP contribution < -0.4 is 0 Å². The molecule has 72 valence electrons. The van der Waals surface area contributed by atoms with Gasteiger partial charge >= 0.3 is 0 Å². The summed E-state index contributed by atoms with van der Waals surface area (Å²) in [7, 11) is 0. The van der Waals surface area contributed by atoms with Crippen LogP contribution in [0.15, 0.2) is 0 Å². The topological polar surface area (TPSA) is 0 Å². The molecule has 6 atom stereocenters. The molecular weight excluding hydrogens is 172 g/mol. The summed E-state index contributed by atoms with van der Waals surface area (Å²) in [6.07, 6.45) is -7.76. The molecule has 0 aliphatic heterocycles. The van der Waals surface area contributed by atoms with Crippen LogP contribution in [0.3, 0.4) is 0 Å². The summed E-state index contributed by atoms with van der Waals surface area (Å²) in [6, 6.07) is 0. The fourth-order valence-corrected chi connectivity index (χ4v) is 1.59. The normalized spacial score (nSPS) is 55.5. The Kier molecular flexibility index (Phi) is 2.64. The number of halogens is 4. The minimum absolute atomic E-state index is 1.04. The Morgan fingerprint density at radius 3 is 1.25 bits per heavy atom. The van der Waals surface area contributed by atoms with Gasteiger partial charge in [0.15, 0.2) is 6.17 Å². The van der Waals surface area contributed by atoms with E-state index < -0.39 is 36.5 Å². The Morgan fingerprint density at radius 2 is 0.917 bits per heavy atom. The number of rotatable bonds is 0. The molecule has 0 radical (unpaired) electrons. The first kappa shape index (κ1) is 9.81. The standard InChI is InChI=1S/C8H12F4/c1-3-5(9)4(2)7(11)8(12)6(3)10/h3-8H,1-2H3/t3-,4?,5?,6?,7?,8?/m0/s1. The zero-order chi connectivity index (χ0) is 9.46. The minimum atomic E-state index is -2.16. The summed E-state index contributed by atoms with van der Waals surface area (Å²) < 4.78 is 51.3. The van der Waals surface area contributed by atoms with Crippen LogP contribution in [0.25, 0.3) is 0 Å². The molecule has 5 unspecified atom stereocenters. The van der Waals surface area contributed by atoms with Crippen LogP contribution in [0.1, 0.15) is 13.8 Å². The van der Waals surface area contributed by atoms with Crippen molar-refractivity contribution in [3.8, 4) is 0 Å². The number of alkyl halides is 4. The molecule has 0 bridgehead atoms. The van der Waals surface area contributed by atoms with E-state index in [4.69, 9.17) is 0 Å². The molecule has 0 aromatic heterocycles. The smallest absolute Gasteiger partial charge is 0.163 e. The highest BCUT2D eigenvalue weighted by atomic mass is 19.2. The zero-order valence-electron chi connectivity index (χ0n) is 6.98. The maximum Gasteiger partial charge on any atom is 0.163 e. The van der Waals surface area contributed by atoms with E-state index in [-0.39, 0.29) is 0 Å². The van der Waals surface area contributed by atoms with Gasteiger partial charge in [-0.2, -0.15) is 0 Å². The average Bonchev–Trinajstić information content (AvgIpc) is 2.08. The van der Waals surface area contributed by atoms with Crippen LogP contribution >= 0.6 is 0 Å². The third-order valence-corrected chi connectivity index (χ3v) is 2.62. The van der Waals surface area contributed by atoms with Crippen LogP contribution in [0, 0.1) is 11.8 Å². The summed E-state index contributed by atoms with van der Waals surface area (Å²) in [5.41, 5.74) is 0. The van der Waals surface area contributed by atoms with Crippen molar-refractivity contribution < 1.29 is 17.6 Å². The molecule has 0 nitrogen and oxygen atoms in total. The van der Waals surface area contributed by atoms with Gasteiger partial charge in [-0.15, -0.1) is 0 Å². The Bertz CT molecular complexity index is 103. The Morgan fingerprint density at radius 1 is 0.583 bits per heavy atom. The molecule has 0 heterocycles. The van der Waals surface area contributed by atoms with Gasteiger partial charge in [-0.25, -0.2) is 17.6 Å². The lowest BCUT2D eigenvalue weighted by atomic mass is 9.78. The van der Waals surface area contributed by atoms with E-state index in [9.17, 15) is 17.6 Å². The van der Waals surface area contributed by atoms with Gasteiger partial charge in [0.25, 0.3) is 0 Å². The largest absolute Gasteiger partial charge is 0.247 e. The number of hydrogen-bond acceptors (Lipinski definition) is 0. The summed E-state index contributed by atoms with van der Waals surface area (Å²) in [6.45, 7) is 2.54. The van der Waals surface area contributed by atoms with E-state index in [0.29, 0.717) is 0 Å². The molecule has 0 amide bonds. The van der Waals surface area contributed by atoms with Gasteiger partial charge in [0, 0.05) is 11.8 Å². The SMILES string of the molecule is CC1C(F)C(F)C(F)[C@@H](C)C1F. The highest BCUT2D eigenvalue weighted by molar-refractivity contribution is 4.95. The van der Waals surface area contributed by atoms with E-state index in [1.54, 1.807) is 0 Å². The lowest BCUT2D eigenvalue weighted by molar-refractivity contribution is -0.0664. The highest BCUT2D eigenvalue weighted by Crippen LogP contribution is 2.37. The average molecular weight is 184 g/mol. The quantitative estimate of drug-likeness (QED) is 0.507. The van der Waals surface area contributed by atoms with Gasteiger partial charge in [0.05, 0.1) is 0 Å². The van der Waals surface area contributed by atoms with Gasteiger partial charge in [0.2, 0.25) is 0 Å². The van der Waals surface area contributed by atoms with E-state index in [1.807, 2.05) is 0 Å². The third kappa shape index (κ3) is 1.31. The molecule has 12 heavy (non-hydrogen) atoms.